The Hall–Kier alpha value is -0.530. The number of fused-ring (bicyclic) bond motifs is 1. The summed E-state index contributed by atoms with van der Waals surface area (Å²) in [5.41, 5.74) is 0.210. The van der Waals surface area contributed by atoms with Crippen molar-refractivity contribution in [3.8, 4) is 0 Å². The van der Waals surface area contributed by atoms with E-state index in [1.165, 1.54) is 25.7 Å². The Balaban J connectivity index is 2.24. The van der Waals surface area contributed by atoms with Crippen molar-refractivity contribution in [1.29, 1.82) is 0 Å². The van der Waals surface area contributed by atoms with Crippen LogP contribution in [-0.2, 0) is 4.79 Å². The van der Waals surface area contributed by atoms with Crippen molar-refractivity contribution in [2.45, 2.75) is 51.5 Å². The summed E-state index contributed by atoms with van der Waals surface area (Å²) in [4.78, 5) is 14.1. The Labute approximate surface area is 80.3 Å². The van der Waals surface area contributed by atoms with E-state index in [-0.39, 0.29) is 11.5 Å². The highest BCUT2D eigenvalue weighted by Gasteiger charge is 2.42. The van der Waals surface area contributed by atoms with Crippen LogP contribution in [-0.4, -0.2) is 22.9 Å². The third kappa shape index (κ3) is 1.36. The summed E-state index contributed by atoms with van der Waals surface area (Å²) in [5, 5.41) is 0. The minimum atomic E-state index is 0.210. The van der Waals surface area contributed by atoms with Crippen molar-refractivity contribution >= 4 is 5.91 Å². The monoisotopic (exact) mass is 181 g/mol. The Morgan fingerprint density at radius 3 is 2.85 bits per heavy atom. The van der Waals surface area contributed by atoms with Gasteiger partial charge in [0.25, 0.3) is 0 Å². The molecule has 2 aliphatic rings. The SMILES string of the molecule is CC1CCCC2(C)CCCN2C1=O. The van der Waals surface area contributed by atoms with Gasteiger partial charge in [0.15, 0.2) is 0 Å². The molecule has 0 aromatic heterocycles. The zero-order chi connectivity index (χ0) is 9.47. The number of hydrogen-bond donors (Lipinski definition) is 0. The lowest BCUT2D eigenvalue weighted by Gasteiger charge is -2.34. The van der Waals surface area contributed by atoms with Gasteiger partial charge in [0.2, 0.25) is 5.91 Å². The average molecular weight is 181 g/mol. The molecule has 2 saturated heterocycles. The molecule has 2 heteroatoms. The summed E-state index contributed by atoms with van der Waals surface area (Å²) in [6.45, 7) is 5.34. The maximum atomic E-state index is 12.0. The van der Waals surface area contributed by atoms with Crippen LogP contribution in [0.2, 0.25) is 0 Å². The van der Waals surface area contributed by atoms with Crippen molar-refractivity contribution in [2.75, 3.05) is 6.54 Å². The van der Waals surface area contributed by atoms with Crippen molar-refractivity contribution in [2.24, 2.45) is 5.92 Å². The fourth-order valence-electron chi connectivity index (χ4n) is 2.84. The van der Waals surface area contributed by atoms with E-state index >= 15 is 0 Å². The molecule has 0 spiro atoms. The second-order valence-corrected chi connectivity index (χ2v) is 4.88. The third-order valence-electron chi connectivity index (χ3n) is 3.79. The zero-order valence-corrected chi connectivity index (χ0v) is 8.68. The van der Waals surface area contributed by atoms with Crippen LogP contribution >= 0.6 is 0 Å². The lowest BCUT2D eigenvalue weighted by atomic mass is 9.93. The molecule has 2 rings (SSSR count). The van der Waals surface area contributed by atoms with Crippen LogP contribution in [0, 0.1) is 5.92 Å². The molecule has 2 heterocycles. The van der Waals surface area contributed by atoms with Crippen LogP contribution in [0.15, 0.2) is 0 Å². The number of amides is 1. The van der Waals surface area contributed by atoms with Crippen LogP contribution in [0.4, 0.5) is 0 Å². The Kier molecular flexibility index (Phi) is 2.09. The van der Waals surface area contributed by atoms with Gasteiger partial charge in [0, 0.05) is 18.0 Å². The van der Waals surface area contributed by atoms with Gasteiger partial charge in [-0.05, 0) is 32.6 Å². The van der Waals surface area contributed by atoms with Crippen LogP contribution in [0.1, 0.15) is 46.0 Å². The number of nitrogens with zero attached hydrogens (tertiary/aromatic N) is 1. The van der Waals surface area contributed by atoms with Gasteiger partial charge in [0.1, 0.15) is 0 Å². The van der Waals surface area contributed by atoms with Gasteiger partial charge >= 0.3 is 0 Å². The summed E-state index contributed by atoms with van der Waals surface area (Å²) in [7, 11) is 0. The van der Waals surface area contributed by atoms with Crippen LogP contribution in [0.5, 0.6) is 0 Å². The zero-order valence-electron chi connectivity index (χ0n) is 8.68. The Bertz CT molecular complexity index is 226. The number of rotatable bonds is 0. The molecule has 13 heavy (non-hydrogen) atoms. The molecule has 74 valence electrons. The number of hydrogen-bond acceptors (Lipinski definition) is 1. The smallest absolute Gasteiger partial charge is 0.225 e. The van der Waals surface area contributed by atoms with Gasteiger partial charge in [-0.25, -0.2) is 0 Å². The lowest BCUT2D eigenvalue weighted by Crippen LogP contribution is -2.45. The van der Waals surface area contributed by atoms with Gasteiger partial charge < -0.3 is 4.90 Å². The standard InChI is InChI=1S/C11H19NO/c1-9-5-3-6-11(2)7-4-8-12(11)10(9)13/h9H,3-8H2,1-2H3. The summed E-state index contributed by atoms with van der Waals surface area (Å²) in [5.74, 6) is 0.664. The third-order valence-corrected chi connectivity index (χ3v) is 3.79. The summed E-state index contributed by atoms with van der Waals surface area (Å²) in [6, 6.07) is 0. The van der Waals surface area contributed by atoms with E-state index in [0.717, 1.165) is 13.0 Å². The van der Waals surface area contributed by atoms with E-state index in [2.05, 4.69) is 18.7 Å². The molecule has 0 aliphatic carbocycles. The van der Waals surface area contributed by atoms with E-state index in [1.807, 2.05) is 0 Å². The second kappa shape index (κ2) is 3.00. The van der Waals surface area contributed by atoms with Crippen LogP contribution in [0.3, 0.4) is 0 Å². The molecule has 2 atom stereocenters. The van der Waals surface area contributed by atoms with Gasteiger partial charge in [-0.3, -0.25) is 4.79 Å². The summed E-state index contributed by atoms with van der Waals surface area (Å²) < 4.78 is 0. The maximum absolute atomic E-state index is 12.0. The fourth-order valence-corrected chi connectivity index (χ4v) is 2.84. The number of carbonyl (C=O) groups excluding carboxylic acids is 1. The molecule has 1 amide bonds. The molecule has 0 N–H and O–H groups in total. The van der Waals surface area contributed by atoms with Crippen LogP contribution < -0.4 is 0 Å². The maximum Gasteiger partial charge on any atom is 0.225 e. The highest BCUT2D eigenvalue weighted by Crippen LogP contribution is 2.37. The first-order chi connectivity index (χ1) is 6.13. The Morgan fingerprint density at radius 2 is 2.08 bits per heavy atom. The number of carbonyl (C=O) groups is 1. The first-order valence-corrected chi connectivity index (χ1v) is 5.45. The summed E-state index contributed by atoms with van der Waals surface area (Å²) >= 11 is 0. The van der Waals surface area contributed by atoms with Gasteiger partial charge in [0.05, 0.1) is 0 Å². The molecule has 2 unspecified atom stereocenters. The van der Waals surface area contributed by atoms with Crippen molar-refractivity contribution in [3.05, 3.63) is 0 Å². The first-order valence-electron chi connectivity index (χ1n) is 5.45. The molecule has 2 nitrogen and oxygen atoms in total. The molecular weight excluding hydrogens is 162 g/mol. The van der Waals surface area contributed by atoms with Gasteiger partial charge in [-0.15, -0.1) is 0 Å². The van der Waals surface area contributed by atoms with Crippen molar-refractivity contribution < 1.29 is 4.79 Å². The molecule has 0 aromatic rings. The predicted molar refractivity (Wildman–Crippen MR) is 52.4 cm³/mol. The van der Waals surface area contributed by atoms with E-state index in [4.69, 9.17) is 0 Å². The summed E-state index contributed by atoms with van der Waals surface area (Å²) in [6.07, 6.45) is 5.94. The molecule has 0 radical (unpaired) electrons. The van der Waals surface area contributed by atoms with E-state index in [9.17, 15) is 4.79 Å². The molecule has 0 aromatic carbocycles. The van der Waals surface area contributed by atoms with Gasteiger partial charge in [-0.2, -0.15) is 0 Å². The topological polar surface area (TPSA) is 20.3 Å². The van der Waals surface area contributed by atoms with E-state index in [0.29, 0.717) is 5.91 Å². The minimum absolute atomic E-state index is 0.210. The van der Waals surface area contributed by atoms with Crippen LogP contribution in [0.25, 0.3) is 0 Å². The average Bonchev–Trinajstić information content (AvgIpc) is 2.42. The normalized spacial score (nSPS) is 40.3. The fraction of sp³-hybridized carbons (Fsp3) is 0.909. The highest BCUT2D eigenvalue weighted by molar-refractivity contribution is 5.79. The molecule has 0 bridgehead atoms. The molecular formula is C11H19NO. The van der Waals surface area contributed by atoms with E-state index < -0.39 is 0 Å². The van der Waals surface area contributed by atoms with E-state index in [1.54, 1.807) is 0 Å². The Morgan fingerprint density at radius 1 is 1.38 bits per heavy atom. The second-order valence-electron chi connectivity index (χ2n) is 4.88. The van der Waals surface area contributed by atoms with Crippen molar-refractivity contribution in [3.63, 3.8) is 0 Å². The first kappa shape index (κ1) is 9.04. The molecule has 2 fully saturated rings. The molecule has 2 aliphatic heterocycles. The largest absolute Gasteiger partial charge is 0.337 e. The lowest BCUT2D eigenvalue weighted by molar-refractivity contribution is -0.137. The minimum Gasteiger partial charge on any atom is -0.337 e. The quantitative estimate of drug-likeness (QED) is 0.561. The highest BCUT2D eigenvalue weighted by atomic mass is 16.2. The van der Waals surface area contributed by atoms with Crippen molar-refractivity contribution in [1.82, 2.24) is 4.90 Å². The predicted octanol–water partition coefficient (Wildman–Crippen LogP) is 2.19. The van der Waals surface area contributed by atoms with Gasteiger partial charge in [-0.1, -0.05) is 13.3 Å². The molecule has 0 saturated carbocycles.